The van der Waals surface area contributed by atoms with E-state index >= 15 is 0 Å². The molecule has 0 unspecified atom stereocenters. The van der Waals surface area contributed by atoms with Crippen LogP contribution in [0.15, 0.2) is 17.5 Å². The van der Waals surface area contributed by atoms with Crippen molar-refractivity contribution in [3.8, 4) is 0 Å². The molecule has 100 valence electrons. The van der Waals surface area contributed by atoms with Crippen molar-refractivity contribution >= 4 is 16.4 Å². The van der Waals surface area contributed by atoms with Crippen LogP contribution in [0.3, 0.4) is 0 Å². The van der Waals surface area contributed by atoms with Crippen molar-refractivity contribution in [3.63, 3.8) is 0 Å². The SMILES string of the molecule is C=C=C(CCO[Si](C)(C)C(C)(C)C)[Si](C)(C)C. The van der Waals surface area contributed by atoms with Crippen molar-refractivity contribution in [1.29, 1.82) is 0 Å². The van der Waals surface area contributed by atoms with Crippen molar-refractivity contribution in [1.82, 2.24) is 0 Å². The van der Waals surface area contributed by atoms with Gasteiger partial charge in [0.25, 0.3) is 0 Å². The Balaban J connectivity index is 4.40. The van der Waals surface area contributed by atoms with E-state index < -0.39 is 16.4 Å². The van der Waals surface area contributed by atoms with Gasteiger partial charge < -0.3 is 4.43 Å². The minimum absolute atomic E-state index is 0.296. The van der Waals surface area contributed by atoms with Crippen LogP contribution in [0.5, 0.6) is 0 Å². The largest absolute Gasteiger partial charge is 0.416 e. The lowest BCUT2D eigenvalue weighted by atomic mass is 10.2. The van der Waals surface area contributed by atoms with E-state index in [1.807, 2.05) is 0 Å². The van der Waals surface area contributed by atoms with Gasteiger partial charge in [-0.15, -0.1) is 5.73 Å². The summed E-state index contributed by atoms with van der Waals surface area (Å²) in [6.07, 6.45) is 1.01. The normalized spacial score (nSPS) is 13.4. The zero-order valence-electron chi connectivity index (χ0n) is 13.0. The maximum absolute atomic E-state index is 6.19. The van der Waals surface area contributed by atoms with Crippen LogP contribution in [0.4, 0.5) is 0 Å². The second kappa shape index (κ2) is 5.70. The molecule has 0 saturated heterocycles. The highest BCUT2D eigenvalue weighted by Crippen LogP contribution is 2.36. The molecular formula is C14H30OSi2. The summed E-state index contributed by atoms with van der Waals surface area (Å²) >= 11 is 0. The molecule has 0 aromatic rings. The van der Waals surface area contributed by atoms with Gasteiger partial charge in [0, 0.05) is 6.61 Å². The van der Waals surface area contributed by atoms with Gasteiger partial charge in [0.15, 0.2) is 8.32 Å². The average molecular weight is 271 g/mol. The Morgan fingerprint density at radius 1 is 1.12 bits per heavy atom. The van der Waals surface area contributed by atoms with Crippen LogP contribution in [0.2, 0.25) is 37.8 Å². The molecule has 0 atom stereocenters. The van der Waals surface area contributed by atoms with E-state index in [0.29, 0.717) is 5.04 Å². The number of rotatable bonds is 5. The van der Waals surface area contributed by atoms with Gasteiger partial charge in [0.1, 0.15) is 0 Å². The third-order valence-corrected chi connectivity index (χ3v) is 10.5. The van der Waals surface area contributed by atoms with E-state index in [9.17, 15) is 0 Å². The zero-order chi connectivity index (χ0) is 13.9. The Hall–Kier alpha value is -0.0862. The molecule has 0 radical (unpaired) electrons. The highest BCUT2D eigenvalue weighted by atomic mass is 28.4. The summed E-state index contributed by atoms with van der Waals surface area (Å²) in [4.78, 5) is 0. The molecule has 3 heteroatoms. The summed E-state index contributed by atoms with van der Waals surface area (Å²) in [5.41, 5.74) is 3.13. The van der Waals surface area contributed by atoms with Crippen LogP contribution in [-0.2, 0) is 4.43 Å². The molecule has 17 heavy (non-hydrogen) atoms. The van der Waals surface area contributed by atoms with Crippen molar-refractivity contribution in [3.05, 3.63) is 17.5 Å². The molecule has 0 aliphatic heterocycles. The van der Waals surface area contributed by atoms with E-state index in [0.717, 1.165) is 13.0 Å². The van der Waals surface area contributed by atoms with Crippen LogP contribution in [0, 0.1) is 0 Å². The number of hydrogen-bond donors (Lipinski definition) is 0. The Morgan fingerprint density at radius 3 is 1.88 bits per heavy atom. The Kier molecular flexibility index (Phi) is 5.67. The third-order valence-electron chi connectivity index (χ3n) is 3.74. The van der Waals surface area contributed by atoms with E-state index in [1.165, 1.54) is 5.20 Å². The standard InChI is InChI=1S/C14H30OSi2/c1-10-13(16(5,6)7)11-12-15-17(8,9)14(2,3)4/h1,11-12H2,2-9H3. The minimum Gasteiger partial charge on any atom is -0.416 e. The molecule has 0 rings (SSSR count). The first-order valence-electron chi connectivity index (χ1n) is 6.45. The molecule has 0 aliphatic rings. The fourth-order valence-corrected chi connectivity index (χ4v) is 3.78. The highest BCUT2D eigenvalue weighted by Gasteiger charge is 2.37. The Bertz CT molecular complexity index is 299. The van der Waals surface area contributed by atoms with E-state index in [4.69, 9.17) is 4.43 Å². The molecule has 0 bridgehead atoms. The molecule has 1 nitrogen and oxygen atoms in total. The lowest BCUT2D eigenvalue weighted by molar-refractivity contribution is 0.293. The van der Waals surface area contributed by atoms with Gasteiger partial charge in [0.2, 0.25) is 0 Å². The van der Waals surface area contributed by atoms with Crippen LogP contribution in [-0.4, -0.2) is 23.0 Å². The van der Waals surface area contributed by atoms with Gasteiger partial charge in [-0.25, -0.2) is 0 Å². The fraction of sp³-hybridized carbons (Fsp3) is 0.786. The number of hydrogen-bond acceptors (Lipinski definition) is 1. The van der Waals surface area contributed by atoms with E-state index in [1.54, 1.807) is 0 Å². The van der Waals surface area contributed by atoms with Crippen molar-refractivity contribution < 1.29 is 4.43 Å². The van der Waals surface area contributed by atoms with Gasteiger partial charge in [-0.1, -0.05) is 47.0 Å². The van der Waals surface area contributed by atoms with Crippen LogP contribution < -0.4 is 0 Å². The van der Waals surface area contributed by atoms with Gasteiger partial charge in [-0.05, 0) is 29.7 Å². The summed E-state index contributed by atoms with van der Waals surface area (Å²) in [6.45, 7) is 23.1. The van der Waals surface area contributed by atoms with Crippen LogP contribution in [0.1, 0.15) is 27.2 Å². The first-order valence-corrected chi connectivity index (χ1v) is 12.9. The average Bonchev–Trinajstić information content (AvgIpc) is 2.08. The maximum atomic E-state index is 6.19. The second-order valence-electron chi connectivity index (χ2n) is 7.26. The molecule has 0 amide bonds. The first-order chi connectivity index (χ1) is 7.42. The molecule has 0 heterocycles. The van der Waals surface area contributed by atoms with Gasteiger partial charge in [0.05, 0.1) is 8.07 Å². The Morgan fingerprint density at radius 2 is 1.59 bits per heavy atom. The summed E-state index contributed by atoms with van der Waals surface area (Å²) in [5, 5.41) is 1.70. The summed E-state index contributed by atoms with van der Waals surface area (Å²) < 4.78 is 6.19. The van der Waals surface area contributed by atoms with Crippen molar-refractivity contribution in [2.45, 2.75) is 65.0 Å². The lowest BCUT2D eigenvalue weighted by Crippen LogP contribution is -2.41. The minimum atomic E-state index is -1.59. The van der Waals surface area contributed by atoms with E-state index in [2.05, 4.69) is 65.8 Å². The van der Waals surface area contributed by atoms with Gasteiger partial charge in [-0.2, -0.15) is 0 Å². The predicted molar refractivity (Wildman–Crippen MR) is 83.8 cm³/mol. The predicted octanol–water partition coefficient (Wildman–Crippen LogP) is 4.99. The zero-order valence-corrected chi connectivity index (χ0v) is 15.0. The van der Waals surface area contributed by atoms with E-state index in [-0.39, 0.29) is 0 Å². The Labute approximate surface area is 110 Å². The van der Waals surface area contributed by atoms with Gasteiger partial charge >= 0.3 is 0 Å². The smallest absolute Gasteiger partial charge is 0.191 e. The molecule has 0 aromatic carbocycles. The quantitative estimate of drug-likeness (QED) is 0.505. The molecule has 0 saturated carbocycles. The second-order valence-corrected chi connectivity index (χ2v) is 17.2. The summed E-state index contributed by atoms with van der Waals surface area (Å²) in [6, 6.07) is 0. The summed E-state index contributed by atoms with van der Waals surface area (Å²) in [7, 11) is -2.84. The molecule has 0 aliphatic carbocycles. The van der Waals surface area contributed by atoms with Crippen LogP contribution >= 0.6 is 0 Å². The third kappa shape index (κ3) is 5.39. The van der Waals surface area contributed by atoms with Crippen molar-refractivity contribution in [2.75, 3.05) is 6.61 Å². The summed E-state index contributed by atoms with van der Waals surface area (Å²) in [5.74, 6) is 0. The fourth-order valence-electron chi connectivity index (χ4n) is 1.35. The molecule has 0 N–H and O–H groups in total. The topological polar surface area (TPSA) is 9.23 Å². The maximum Gasteiger partial charge on any atom is 0.191 e. The molecule has 0 spiro atoms. The molecule has 0 fully saturated rings. The first kappa shape index (κ1) is 16.9. The van der Waals surface area contributed by atoms with Gasteiger partial charge in [-0.3, -0.25) is 0 Å². The highest BCUT2D eigenvalue weighted by molar-refractivity contribution is 6.83. The van der Waals surface area contributed by atoms with Crippen LogP contribution in [0.25, 0.3) is 0 Å². The molecular weight excluding hydrogens is 240 g/mol. The monoisotopic (exact) mass is 270 g/mol. The lowest BCUT2D eigenvalue weighted by Gasteiger charge is -2.36. The molecule has 0 aromatic heterocycles. The van der Waals surface area contributed by atoms with Crippen molar-refractivity contribution in [2.24, 2.45) is 0 Å².